The van der Waals surface area contributed by atoms with Crippen molar-refractivity contribution in [2.45, 2.75) is 20.3 Å². The van der Waals surface area contributed by atoms with Gasteiger partial charge in [0.15, 0.2) is 0 Å². The van der Waals surface area contributed by atoms with Gasteiger partial charge in [-0.05, 0) is 20.3 Å². The van der Waals surface area contributed by atoms with E-state index in [2.05, 4.69) is 0 Å². The van der Waals surface area contributed by atoms with Gasteiger partial charge < -0.3 is 14.4 Å². The lowest BCUT2D eigenvalue weighted by atomic mass is 10.1. The van der Waals surface area contributed by atoms with Gasteiger partial charge in [-0.25, -0.2) is 9.59 Å². The molecule has 90 valence electrons. The molecule has 0 unspecified atom stereocenters. The number of hydrogen-bond donors (Lipinski definition) is 0. The van der Waals surface area contributed by atoms with Crippen LogP contribution in [-0.2, 0) is 14.3 Å². The molecule has 0 spiro atoms. The largest absolute Gasteiger partial charge is 0.463 e. The van der Waals surface area contributed by atoms with Gasteiger partial charge in [-0.3, -0.25) is 0 Å². The number of hydrogen-bond acceptors (Lipinski definition) is 4. The summed E-state index contributed by atoms with van der Waals surface area (Å²) in [4.78, 5) is 24.3. The molecule has 5 heteroatoms. The van der Waals surface area contributed by atoms with E-state index in [0.717, 1.165) is 0 Å². The minimum atomic E-state index is -0.332. The first-order valence-corrected chi connectivity index (χ1v) is 5.46. The molecule has 5 nitrogen and oxygen atoms in total. The van der Waals surface area contributed by atoms with Crippen LogP contribution in [-0.4, -0.2) is 43.3 Å². The van der Waals surface area contributed by atoms with Crippen molar-refractivity contribution in [2.24, 2.45) is 0 Å². The molecule has 0 saturated carbocycles. The third kappa shape index (κ3) is 3.25. The van der Waals surface area contributed by atoms with Crippen molar-refractivity contribution < 1.29 is 19.1 Å². The molecule has 1 aliphatic heterocycles. The molecule has 1 heterocycles. The minimum Gasteiger partial charge on any atom is -0.463 e. The van der Waals surface area contributed by atoms with Crippen LogP contribution in [0.5, 0.6) is 0 Å². The number of carbonyl (C=O) groups is 2. The molecule has 0 fully saturated rings. The second-order valence-corrected chi connectivity index (χ2v) is 3.34. The molecular formula is C11H17NO4. The van der Waals surface area contributed by atoms with E-state index in [1.807, 2.05) is 0 Å². The van der Waals surface area contributed by atoms with Crippen molar-refractivity contribution in [3.8, 4) is 0 Å². The summed E-state index contributed by atoms with van der Waals surface area (Å²) in [6, 6.07) is 0. The van der Waals surface area contributed by atoms with Gasteiger partial charge in [0, 0.05) is 18.7 Å². The normalized spacial score (nSPS) is 15.4. The van der Waals surface area contributed by atoms with Crippen LogP contribution in [0.2, 0.25) is 0 Å². The van der Waals surface area contributed by atoms with Crippen LogP contribution in [0.4, 0.5) is 4.79 Å². The van der Waals surface area contributed by atoms with Crippen LogP contribution in [0.3, 0.4) is 0 Å². The van der Waals surface area contributed by atoms with Crippen LogP contribution < -0.4 is 0 Å². The first kappa shape index (κ1) is 12.5. The monoisotopic (exact) mass is 227 g/mol. The van der Waals surface area contributed by atoms with E-state index in [9.17, 15) is 9.59 Å². The predicted octanol–water partition coefficient (Wildman–Crippen LogP) is 1.34. The fourth-order valence-corrected chi connectivity index (χ4v) is 1.46. The molecular weight excluding hydrogens is 210 g/mol. The van der Waals surface area contributed by atoms with E-state index < -0.39 is 0 Å². The van der Waals surface area contributed by atoms with E-state index >= 15 is 0 Å². The fraction of sp³-hybridized carbons (Fsp3) is 0.636. The van der Waals surface area contributed by atoms with Crippen molar-refractivity contribution >= 4 is 12.1 Å². The Morgan fingerprint density at radius 2 is 2.00 bits per heavy atom. The van der Waals surface area contributed by atoms with Crippen molar-refractivity contribution in [3.05, 3.63) is 11.6 Å². The highest BCUT2D eigenvalue weighted by atomic mass is 16.6. The summed E-state index contributed by atoms with van der Waals surface area (Å²) in [6.45, 7) is 5.19. The van der Waals surface area contributed by atoms with Crippen LogP contribution in [0.15, 0.2) is 11.6 Å². The Morgan fingerprint density at radius 1 is 1.31 bits per heavy atom. The summed E-state index contributed by atoms with van der Waals surface area (Å²) in [6.07, 6.45) is 1.91. The number of rotatable bonds is 3. The number of amides is 1. The van der Waals surface area contributed by atoms with Crippen LogP contribution in [0.25, 0.3) is 0 Å². The third-order valence-electron chi connectivity index (χ3n) is 2.27. The van der Waals surface area contributed by atoms with Gasteiger partial charge in [-0.2, -0.15) is 0 Å². The van der Waals surface area contributed by atoms with Gasteiger partial charge >= 0.3 is 12.1 Å². The van der Waals surface area contributed by atoms with Crippen molar-refractivity contribution in [2.75, 3.05) is 26.3 Å². The number of esters is 1. The first-order chi connectivity index (χ1) is 7.69. The molecule has 0 bridgehead atoms. The van der Waals surface area contributed by atoms with Crippen molar-refractivity contribution in [1.82, 2.24) is 4.90 Å². The molecule has 0 aromatic heterocycles. The molecule has 0 N–H and O–H groups in total. The average Bonchev–Trinajstić information content (AvgIpc) is 2.30. The van der Waals surface area contributed by atoms with Crippen LogP contribution in [0, 0.1) is 0 Å². The minimum absolute atomic E-state index is 0.286. The van der Waals surface area contributed by atoms with Crippen LogP contribution >= 0.6 is 0 Å². The summed E-state index contributed by atoms with van der Waals surface area (Å²) in [5.74, 6) is -0.286. The SMILES string of the molecule is CCOC(=O)C1=CCN(C(=O)OCC)CC1. The summed E-state index contributed by atoms with van der Waals surface area (Å²) >= 11 is 0. The molecule has 16 heavy (non-hydrogen) atoms. The highest BCUT2D eigenvalue weighted by Crippen LogP contribution is 2.13. The van der Waals surface area contributed by atoms with Crippen molar-refractivity contribution in [1.29, 1.82) is 0 Å². The maximum atomic E-state index is 11.4. The van der Waals surface area contributed by atoms with Gasteiger partial charge in [0.1, 0.15) is 0 Å². The standard InChI is InChI=1S/C11H17NO4/c1-3-15-10(13)9-5-7-12(8-6-9)11(14)16-4-2/h5H,3-4,6-8H2,1-2H3. The topological polar surface area (TPSA) is 55.8 Å². The zero-order valence-corrected chi connectivity index (χ0v) is 9.69. The third-order valence-corrected chi connectivity index (χ3v) is 2.27. The van der Waals surface area contributed by atoms with Gasteiger partial charge in [0.25, 0.3) is 0 Å². The second-order valence-electron chi connectivity index (χ2n) is 3.34. The summed E-state index contributed by atoms with van der Waals surface area (Å²) < 4.78 is 9.75. The maximum Gasteiger partial charge on any atom is 0.410 e. The quantitative estimate of drug-likeness (QED) is 0.683. The van der Waals surface area contributed by atoms with Crippen molar-refractivity contribution in [3.63, 3.8) is 0 Å². The fourth-order valence-electron chi connectivity index (χ4n) is 1.46. The summed E-state index contributed by atoms with van der Waals surface area (Å²) in [7, 11) is 0. The van der Waals surface area contributed by atoms with E-state index in [0.29, 0.717) is 38.3 Å². The molecule has 0 radical (unpaired) electrons. The summed E-state index contributed by atoms with van der Waals surface area (Å²) in [5, 5.41) is 0. The Hall–Kier alpha value is -1.52. The second kappa shape index (κ2) is 6.15. The van der Waals surface area contributed by atoms with E-state index in [1.54, 1.807) is 24.8 Å². The van der Waals surface area contributed by atoms with Gasteiger partial charge in [0.2, 0.25) is 0 Å². The molecule has 1 aliphatic rings. The lowest BCUT2D eigenvalue weighted by molar-refractivity contribution is -0.138. The van der Waals surface area contributed by atoms with Crippen LogP contribution in [0.1, 0.15) is 20.3 Å². The first-order valence-electron chi connectivity index (χ1n) is 5.46. The zero-order chi connectivity index (χ0) is 12.0. The van der Waals surface area contributed by atoms with E-state index in [1.165, 1.54) is 0 Å². The van der Waals surface area contributed by atoms with Gasteiger partial charge in [-0.15, -0.1) is 0 Å². The highest BCUT2D eigenvalue weighted by molar-refractivity contribution is 5.89. The van der Waals surface area contributed by atoms with Gasteiger partial charge in [0.05, 0.1) is 13.2 Å². The van der Waals surface area contributed by atoms with Gasteiger partial charge in [-0.1, -0.05) is 6.08 Å². The number of nitrogens with zero attached hydrogens (tertiary/aromatic N) is 1. The zero-order valence-electron chi connectivity index (χ0n) is 9.69. The maximum absolute atomic E-state index is 11.4. The summed E-state index contributed by atoms with van der Waals surface area (Å²) in [5.41, 5.74) is 0.641. The lowest BCUT2D eigenvalue weighted by Crippen LogP contribution is -2.36. The molecule has 0 saturated heterocycles. The Morgan fingerprint density at radius 3 is 2.50 bits per heavy atom. The average molecular weight is 227 g/mol. The Kier molecular flexibility index (Phi) is 4.82. The Labute approximate surface area is 95.0 Å². The Bertz CT molecular complexity index is 298. The smallest absolute Gasteiger partial charge is 0.410 e. The molecule has 0 aromatic rings. The molecule has 0 atom stereocenters. The van der Waals surface area contributed by atoms with E-state index in [4.69, 9.17) is 9.47 Å². The molecule has 0 aromatic carbocycles. The predicted molar refractivity (Wildman–Crippen MR) is 57.9 cm³/mol. The molecule has 0 aliphatic carbocycles. The molecule has 1 rings (SSSR count). The lowest BCUT2D eigenvalue weighted by Gasteiger charge is -2.24. The Balaban J connectivity index is 2.48. The number of ether oxygens (including phenoxy) is 2. The molecule has 1 amide bonds. The van der Waals surface area contributed by atoms with E-state index in [-0.39, 0.29) is 12.1 Å². The number of carbonyl (C=O) groups excluding carboxylic acids is 2. The highest BCUT2D eigenvalue weighted by Gasteiger charge is 2.21.